The quantitative estimate of drug-likeness (QED) is 0.337. The average Bonchev–Trinajstić information content (AvgIpc) is 1.59. The van der Waals surface area contributed by atoms with Crippen molar-refractivity contribution in [3.63, 3.8) is 0 Å². The second kappa shape index (κ2) is 42.7. The zero-order valence-corrected chi connectivity index (χ0v) is 12.9. The molecule has 0 aliphatic heterocycles. The summed E-state index contributed by atoms with van der Waals surface area (Å²) >= 11 is 0.300. The van der Waals surface area contributed by atoms with Gasteiger partial charge in [0.15, 0.2) is 0 Å². The van der Waals surface area contributed by atoms with Gasteiger partial charge in [-0.15, -0.1) is 20.5 Å². The van der Waals surface area contributed by atoms with Crippen LogP contribution in [-0.2, 0) is 27.5 Å². The summed E-state index contributed by atoms with van der Waals surface area (Å²) in [5.41, 5.74) is 0. The van der Waals surface area contributed by atoms with Gasteiger partial charge in [0.25, 0.3) is 0 Å². The van der Waals surface area contributed by atoms with Gasteiger partial charge in [-0.25, -0.2) is 37.3 Å². The van der Waals surface area contributed by atoms with E-state index in [-0.39, 0.29) is 43.8 Å². The van der Waals surface area contributed by atoms with E-state index in [4.69, 9.17) is 40.1 Å². The number of hydrogen-bond donors (Lipinski definition) is 0. The van der Waals surface area contributed by atoms with Crippen LogP contribution in [0.1, 0.15) is 0 Å². The van der Waals surface area contributed by atoms with Crippen molar-refractivity contribution in [2.75, 3.05) is 0 Å². The second-order valence-corrected chi connectivity index (χ2v) is 2.27. The second-order valence-electron chi connectivity index (χ2n) is 0.756. The molecule has 0 spiro atoms. The number of hydrogen-bond acceptors (Lipinski definition) is 9. The normalized spacial score (nSPS) is 6.30. The van der Waals surface area contributed by atoms with Gasteiger partial charge >= 0.3 is 27.5 Å². The topological polar surface area (TPSA) is 454 Å². The minimum atomic E-state index is -4.94. The summed E-state index contributed by atoms with van der Waals surface area (Å²) in [7, 11) is -9.89. The van der Waals surface area contributed by atoms with E-state index in [1.807, 2.05) is 0 Å². The molecular weight excluding hydrogens is 434 g/mol. The Morgan fingerprint density at radius 3 is 0.400 bits per heavy atom. The van der Waals surface area contributed by atoms with Crippen LogP contribution in [0.4, 0.5) is 0 Å². The fraction of sp³-hybridized carbons (Fsp3) is 0. The van der Waals surface area contributed by atoms with Crippen LogP contribution in [0.5, 0.6) is 0 Å². The third kappa shape index (κ3) is 14900. The Labute approximate surface area is 129 Å². The first kappa shape index (κ1) is 85.8. The first-order valence-corrected chi connectivity index (χ1v) is 4.91. The van der Waals surface area contributed by atoms with E-state index in [9.17, 15) is 0 Å². The van der Waals surface area contributed by atoms with Gasteiger partial charge < -0.3 is 43.8 Å². The standard InChI is InChI=1S/2ClHO4.8H2O.O.Zr/c2*2-1(3,4)5;;;;;;;;;;/h2*(H,2,3,4,5);8*1H2;;/q;;;;;;;;;;;+2/p-2. The van der Waals surface area contributed by atoms with Gasteiger partial charge in [-0.1, -0.05) is 0 Å². The maximum atomic E-state index is 8.49. The van der Waals surface area contributed by atoms with Gasteiger partial charge in [-0.2, -0.15) is 0 Å². The monoisotopic (exact) mass is 448 g/mol. The van der Waals surface area contributed by atoms with Crippen LogP contribution in [0.15, 0.2) is 0 Å². The van der Waals surface area contributed by atoms with Gasteiger partial charge in [-0.05, 0) is 0 Å². The van der Waals surface area contributed by atoms with Crippen molar-refractivity contribution in [3.8, 4) is 0 Å². The first-order valence-electron chi connectivity index (χ1n) is 1.44. The summed E-state index contributed by atoms with van der Waals surface area (Å²) < 4.78 is 76.3. The first-order chi connectivity index (χ1) is 5.00. The van der Waals surface area contributed by atoms with Crippen LogP contribution in [0.3, 0.4) is 0 Å². The number of rotatable bonds is 0. The van der Waals surface area contributed by atoms with E-state index >= 15 is 0 Å². The Kier molecular flexibility index (Phi) is 183. The summed E-state index contributed by atoms with van der Waals surface area (Å²) in [6.07, 6.45) is 0. The molecule has 0 atom stereocenters. The van der Waals surface area contributed by atoms with Crippen molar-refractivity contribution in [3.05, 3.63) is 0 Å². The summed E-state index contributed by atoms with van der Waals surface area (Å²) in [5.74, 6) is 0. The molecule has 0 fully saturated rings. The SMILES string of the molecule is O.O.O.O.O.O.O.O.[O-][Cl+3]([O-])([O-])[O-].[O-][Cl+3]([O-])([O-])[O-].[O]=[Zr+2]. The summed E-state index contributed by atoms with van der Waals surface area (Å²) in [4.78, 5) is 0. The van der Waals surface area contributed by atoms with Crippen molar-refractivity contribution in [2.24, 2.45) is 0 Å². The molecule has 0 aromatic heterocycles. The molecule has 0 aliphatic carbocycles. The third-order valence-electron chi connectivity index (χ3n) is 0. The molecule has 0 aromatic rings. The molecule has 0 rings (SSSR count). The van der Waals surface area contributed by atoms with Gasteiger partial charge in [0.2, 0.25) is 0 Å². The van der Waals surface area contributed by atoms with E-state index in [2.05, 4.69) is 0 Å². The molecule has 0 saturated carbocycles. The Morgan fingerprint density at radius 2 is 0.400 bits per heavy atom. The van der Waals surface area contributed by atoms with Crippen LogP contribution in [0.25, 0.3) is 0 Å². The molecular formula is H16Cl2O17Zr. The van der Waals surface area contributed by atoms with Gasteiger partial charge in [0.1, 0.15) is 0 Å². The molecule has 20 heavy (non-hydrogen) atoms. The molecule has 16 N–H and O–H groups in total. The zero-order chi connectivity index (χ0) is 11.0. The van der Waals surface area contributed by atoms with Gasteiger partial charge in [0, 0.05) is 0 Å². The number of halogens is 2. The molecule has 0 saturated heterocycles. The molecule has 20 heteroatoms. The fourth-order valence-corrected chi connectivity index (χ4v) is 0. The van der Waals surface area contributed by atoms with Crippen LogP contribution < -0.4 is 37.3 Å². The van der Waals surface area contributed by atoms with E-state index in [1.54, 1.807) is 0 Å². The molecule has 0 heterocycles. The predicted octanol–water partition coefficient (Wildman–Crippen LogP) is -16.2. The van der Waals surface area contributed by atoms with Crippen LogP contribution >= 0.6 is 0 Å². The van der Waals surface area contributed by atoms with E-state index < -0.39 is 20.5 Å². The average molecular weight is 450 g/mol. The van der Waals surface area contributed by atoms with Crippen molar-refractivity contribution in [1.82, 2.24) is 0 Å². The van der Waals surface area contributed by atoms with E-state index in [1.165, 1.54) is 0 Å². The molecule has 0 bridgehead atoms. The van der Waals surface area contributed by atoms with Crippen molar-refractivity contribution >= 4 is 0 Å². The molecule has 0 aliphatic rings. The molecule has 0 aromatic carbocycles. The molecule has 0 radical (unpaired) electrons. The van der Waals surface area contributed by atoms with Crippen molar-refractivity contribution < 1.29 is 129 Å². The summed E-state index contributed by atoms with van der Waals surface area (Å²) in [5, 5.41) is 0. The molecule has 0 amide bonds. The Balaban J connectivity index is -0.00000000589. The van der Waals surface area contributed by atoms with Crippen LogP contribution in [0.2, 0.25) is 0 Å². The Bertz CT molecular complexity index is 68.1. The maximum absolute atomic E-state index is 8.49. The minimum absolute atomic E-state index is 0. The van der Waals surface area contributed by atoms with Crippen LogP contribution in [-0.4, -0.2) is 43.8 Å². The molecule has 136 valence electrons. The van der Waals surface area contributed by atoms with Gasteiger partial charge in [0.05, 0.1) is 0 Å². The van der Waals surface area contributed by atoms with Crippen molar-refractivity contribution in [1.29, 1.82) is 0 Å². The predicted molar refractivity (Wildman–Crippen MR) is 29.6 cm³/mol. The van der Waals surface area contributed by atoms with E-state index in [0.717, 1.165) is 0 Å². The van der Waals surface area contributed by atoms with Gasteiger partial charge in [-0.3, -0.25) is 0 Å². The third-order valence-corrected chi connectivity index (χ3v) is 0. The van der Waals surface area contributed by atoms with Crippen LogP contribution in [0, 0.1) is 20.5 Å². The Morgan fingerprint density at radius 1 is 0.400 bits per heavy atom. The summed E-state index contributed by atoms with van der Waals surface area (Å²) in [6.45, 7) is 0. The molecule has 17 nitrogen and oxygen atoms in total. The Hall–Kier alpha value is 0.623. The zero-order valence-electron chi connectivity index (χ0n) is 8.93. The summed E-state index contributed by atoms with van der Waals surface area (Å²) in [6, 6.07) is 0. The van der Waals surface area contributed by atoms with Crippen molar-refractivity contribution in [2.45, 2.75) is 0 Å². The van der Waals surface area contributed by atoms with E-state index in [0.29, 0.717) is 24.7 Å². The molecule has 0 unspecified atom stereocenters. The fourth-order valence-electron chi connectivity index (χ4n) is 0.